The first kappa shape index (κ1) is 19.1. The van der Waals surface area contributed by atoms with E-state index in [4.69, 9.17) is 0 Å². The molecule has 0 spiro atoms. The van der Waals surface area contributed by atoms with E-state index in [-0.39, 0.29) is 34.4 Å². The lowest BCUT2D eigenvalue weighted by Gasteiger charge is -2.10. The molecule has 0 unspecified atom stereocenters. The van der Waals surface area contributed by atoms with E-state index in [1.165, 1.54) is 48.5 Å². The lowest BCUT2D eigenvalue weighted by molar-refractivity contribution is -0.385. The van der Waals surface area contributed by atoms with E-state index in [1.807, 2.05) is 0 Å². The Balaban J connectivity index is 1.97. The molecule has 0 atom stereocenters. The van der Waals surface area contributed by atoms with Crippen LogP contribution in [-0.2, 0) is 0 Å². The SMILES string of the molecule is O=[N+]([O-])c1cccc(Nc2ncnc(Nc3cccc([N+](=O)[O-])c3)c2[N+](=O)[O-])c1. The normalized spacial score (nSPS) is 10.2. The summed E-state index contributed by atoms with van der Waals surface area (Å²) in [6, 6.07) is 10.7. The van der Waals surface area contributed by atoms with Gasteiger partial charge >= 0.3 is 5.69 Å². The Morgan fingerprint density at radius 1 is 0.690 bits per heavy atom. The van der Waals surface area contributed by atoms with Gasteiger partial charge in [0.2, 0.25) is 11.6 Å². The summed E-state index contributed by atoms with van der Waals surface area (Å²) in [7, 11) is 0. The summed E-state index contributed by atoms with van der Waals surface area (Å²) < 4.78 is 0. The molecule has 1 aromatic heterocycles. The number of nitrogens with zero attached hydrogens (tertiary/aromatic N) is 5. The van der Waals surface area contributed by atoms with E-state index < -0.39 is 20.5 Å². The molecule has 0 aliphatic carbocycles. The average Bonchev–Trinajstić information content (AvgIpc) is 2.68. The summed E-state index contributed by atoms with van der Waals surface area (Å²) in [6.45, 7) is 0. The highest BCUT2D eigenvalue weighted by Crippen LogP contribution is 2.34. The van der Waals surface area contributed by atoms with Crippen LogP contribution < -0.4 is 10.6 Å². The highest BCUT2D eigenvalue weighted by Gasteiger charge is 2.24. The van der Waals surface area contributed by atoms with Crippen molar-refractivity contribution in [2.24, 2.45) is 0 Å². The van der Waals surface area contributed by atoms with Crippen LogP contribution in [0.3, 0.4) is 0 Å². The molecule has 13 heteroatoms. The summed E-state index contributed by atoms with van der Waals surface area (Å²) in [5.74, 6) is -0.420. The van der Waals surface area contributed by atoms with Crippen LogP contribution in [0, 0.1) is 30.3 Å². The van der Waals surface area contributed by atoms with Gasteiger partial charge in [-0.15, -0.1) is 0 Å². The van der Waals surface area contributed by atoms with Crippen molar-refractivity contribution in [2.45, 2.75) is 0 Å². The molecule has 1 heterocycles. The first-order valence-electron chi connectivity index (χ1n) is 7.87. The van der Waals surface area contributed by atoms with Crippen molar-refractivity contribution in [3.8, 4) is 0 Å². The predicted molar refractivity (Wildman–Crippen MR) is 101 cm³/mol. The fourth-order valence-corrected chi connectivity index (χ4v) is 2.40. The van der Waals surface area contributed by atoms with E-state index in [0.717, 1.165) is 6.33 Å². The summed E-state index contributed by atoms with van der Waals surface area (Å²) in [6.07, 6.45) is 1.05. The van der Waals surface area contributed by atoms with Gasteiger partial charge in [0, 0.05) is 35.6 Å². The van der Waals surface area contributed by atoms with Crippen LogP contribution in [0.25, 0.3) is 0 Å². The number of non-ortho nitro benzene ring substituents is 2. The van der Waals surface area contributed by atoms with Gasteiger partial charge in [0.05, 0.1) is 14.8 Å². The highest BCUT2D eigenvalue weighted by atomic mass is 16.6. The lowest BCUT2D eigenvalue weighted by Crippen LogP contribution is -2.05. The second-order valence-corrected chi connectivity index (χ2v) is 5.54. The summed E-state index contributed by atoms with van der Waals surface area (Å²) in [5.41, 5.74) is -0.529. The first-order chi connectivity index (χ1) is 13.8. The molecule has 0 saturated carbocycles. The van der Waals surface area contributed by atoms with Gasteiger partial charge in [-0.25, -0.2) is 9.97 Å². The molecule has 146 valence electrons. The molecule has 3 rings (SSSR count). The second-order valence-electron chi connectivity index (χ2n) is 5.54. The van der Waals surface area contributed by atoms with Crippen LogP contribution in [0.15, 0.2) is 54.9 Å². The van der Waals surface area contributed by atoms with Crippen LogP contribution in [-0.4, -0.2) is 24.7 Å². The third-order valence-corrected chi connectivity index (χ3v) is 3.64. The van der Waals surface area contributed by atoms with Gasteiger partial charge in [0.1, 0.15) is 6.33 Å². The van der Waals surface area contributed by atoms with Crippen molar-refractivity contribution < 1.29 is 14.8 Å². The molecule has 13 nitrogen and oxygen atoms in total. The Labute approximate surface area is 161 Å². The van der Waals surface area contributed by atoms with Crippen LogP contribution in [0.1, 0.15) is 0 Å². The average molecular weight is 397 g/mol. The molecule has 0 aliphatic rings. The minimum Gasteiger partial charge on any atom is -0.334 e. The number of nitro benzene ring substituents is 2. The molecule has 2 aromatic carbocycles. The lowest BCUT2D eigenvalue weighted by atomic mass is 10.2. The zero-order valence-electron chi connectivity index (χ0n) is 14.4. The maximum absolute atomic E-state index is 11.6. The van der Waals surface area contributed by atoms with Gasteiger partial charge in [-0.05, 0) is 12.1 Å². The molecule has 2 N–H and O–H groups in total. The summed E-state index contributed by atoms with van der Waals surface area (Å²) in [4.78, 5) is 39.1. The van der Waals surface area contributed by atoms with Crippen LogP contribution in [0.2, 0.25) is 0 Å². The summed E-state index contributed by atoms with van der Waals surface area (Å²) in [5, 5.41) is 38.7. The molecular weight excluding hydrogens is 386 g/mol. The molecule has 0 amide bonds. The van der Waals surface area contributed by atoms with Gasteiger partial charge in [-0.1, -0.05) is 12.1 Å². The molecule has 0 radical (unpaired) electrons. The van der Waals surface area contributed by atoms with Gasteiger partial charge in [-0.2, -0.15) is 0 Å². The number of hydrogen-bond donors (Lipinski definition) is 2. The number of benzene rings is 2. The Bertz CT molecular complexity index is 1040. The van der Waals surface area contributed by atoms with Gasteiger partial charge < -0.3 is 10.6 Å². The van der Waals surface area contributed by atoms with Crippen LogP contribution >= 0.6 is 0 Å². The minimum atomic E-state index is -0.737. The van der Waals surface area contributed by atoms with E-state index in [9.17, 15) is 30.3 Å². The fourth-order valence-electron chi connectivity index (χ4n) is 2.40. The molecule has 0 saturated heterocycles. The Hall–Kier alpha value is -4.68. The smallest absolute Gasteiger partial charge is 0.334 e. The Morgan fingerprint density at radius 2 is 1.14 bits per heavy atom. The topological polar surface area (TPSA) is 179 Å². The summed E-state index contributed by atoms with van der Waals surface area (Å²) >= 11 is 0. The van der Waals surface area contributed by atoms with Gasteiger partial charge in [-0.3, -0.25) is 30.3 Å². The quantitative estimate of drug-likeness (QED) is 0.441. The third-order valence-electron chi connectivity index (χ3n) is 3.64. The van der Waals surface area contributed by atoms with Gasteiger partial charge in [0.25, 0.3) is 11.4 Å². The number of nitrogens with one attached hydrogen (secondary N) is 2. The first-order valence-corrected chi connectivity index (χ1v) is 7.87. The number of anilines is 4. The van der Waals surface area contributed by atoms with E-state index >= 15 is 0 Å². The van der Waals surface area contributed by atoms with Gasteiger partial charge in [0.15, 0.2) is 0 Å². The number of rotatable bonds is 7. The van der Waals surface area contributed by atoms with E-state index in [1.54, 1.807) is 0 Å². The standard InChI is InChI=1S/C16H11N7O6/c24-21(25)12-5-1-3-10(7-12)19-15-14(23(28)29)16(18-9-17-15)20-11-4-2-6-13(8-11)22(26)27/h1-9H,(H2,17,18,19,20). The predicted octanol–water partition coefficient (Wildman–Crippen LogP) is 3.69. The molecule has 29 heavy (non-hydrogen) atoms. The molecule has 0 aliphatic heterocycles. The van der Waals surface area contributed by atoms with E-state index in [0.29, 0.717) is 0 Å². The van der Waals surface area contributed by atoms with Crippen LogP contribution in [0.4, 0.5) is 40.1 Å². The van der Waals surface area contributed by atoms with Crippen molar-refractivity contribution in [3.63, 3.8) is 0 Å². The molecule has 3 aromatic rings. The Kier molecular flexibility index (Phi) is 5.21. The van der Waals surface area contributed by atoms with Crippen molar-refractivity contribution in [1.29, 1.82) is 0 Å². The van der Waals surface area contributed by atoms with Crippen molar-refractivity contribution in [3.05, 3.63) is 85.2 Å². The van der Waals surface area contributed by atoms with Crippen molar-refractivity contribution in [1.82, 2.24) is 9.97 Å². The molecule has 0 fully saturated rings. The monoisotopic (exact) mass is 397 g/mol. The molecular formula is C16H11N7O6. The number of nitro groups is 3. The fraction of sp³-hybridized carbons (Fsp3) is 0. The zero-order chi connectivity index (χ0) is 21.0. The van der Waals surface area contributed by atoms with Crippen molar-refractivity contribution >= 4 is 40.1 Å². The highest BCUT2D eigenvalue weighted by molar-refractivity contribution is 5.77. The molecule has 0 bridgehead atoms. The second kappa shape index (κ2) is 7.91. The Morgan fingerprint density at radius 3 is 1.52 bits per heavy atom. The number of hydrogen-bond acceptors (Lipinski definition) is 10. The van der Waals surface area contributed by atoms with E-state index in [2.05, 4.69) is 20.6 Å². The maximum Gasteiger partial charge on any atom is 0.353 e. The third kappa shape index (κ3) is 4.36. The maximum atomic E-state index is 11.6. The largest absolute Gasteiger partial charge is 0.353 e. The van der Waals surface area contributed by atoms with Crippen LogP contribution in [0.5, 0.6) is 0 Å². The number of aromatic nitrogens is 2. The minimum absolute atomic E-state index is 0.207. The zero-order valence-corrected chi connectivity index (χ0v) is 14.4. The van der Waals surface area contributed by atoms with Crippen molar-refractivity contribution in [2.75, 3.05) is 10.6 Å².